The van der Waals surface area contributed by atoms with Gasteiger partial charge in [-0.1, -0.05) is 0 Å². The van der Waals surface area contributed by atoms with Crippen molar-refractivity contribution in [3.05, 3.63) is 33.9 Å². The summed E-state index contributed by atoms with van der Waals surface area (Å²) < 4.78 is 0. The number of hydrogen-bond donors (Lipinski definition) is 1. The van der Waals surface area contributed by atoms with Crippen molar-refractivity contribution >= 4 is 11.4 Å². The fourth-order valence-corrected chi connectivity index (χ4v) is 3.04. The maximum Gasteiger partial charge on any atom is 0.270 e. The zero-order chi connectivity index (χ0) is 14.8. The van der Waals surface area contributed by atoms with E-state index in [-0.39, 0.29) is 5.69 Å². The van der Waals surface area contributed by atoms with Crippen molar-refractivity contribution < 1.29 is 4.92 Å². The highest BCUT2D eigenvalue weighted by Crippen LogP contribution is 2.22. The fraction of sp³-hybridized carbons (Fsp3) is 0.500. The number of anilines is 1. The van der Waals surface area contributed by atoms with E-state index in [1.165, 1.54) is 12.1 Å². The van der Waals surface area contributed by atoms with Crippen LogP contribution in [-0.4, -0.2) is 60.0 Å². The summed E-state index contributed by atoms with van der Waals surface area (Å²) >= 11 is 0. The van der Waals surface area contributed by atoms with Gasteiger partial charge in [-0.05, 0) is 6.07 Å². The Morgan fingerprint density at radius 2 is 2.14 bits per heavy atom. The quantitative estimate of drug-likeness (QED) is 0.653. The molecule has 21 heavy (non-hydrogen) atoms. The Morgan fingerprint density at radius 1 is 1.38 bits per heavy atom. The van der Waals surface area contributed by atoms with Crippen LogP contribution in [0.4, 0.5) is 11.4 Å². The van der Waals surface area contributed by atoms with Gasteiger partial charge in [-0.2, -0.15) is 5.26 Å². The zero-order valence-electron chi connectivity index (χ0n) is 11.7. The van der Waals surface area contributed by atoms with Crippen LogP contribution in [0.15, 0.2) is 18.2 Å². The third-order valence-corrected chi connectivity index (χ3v) is 4.25. The standard InChI is InChI=1S/C14H17N5O2/c15-8-11-7-12(19(20)21)1-2-14(11)16-9-13-10-17-3-5-18(13)6-4-17/h1-2,7,13,16H,3-6,9-10H2. The van der Waals surface area contributed by atoms with Crippen molar-refractivity contribution in [2.75, 3.05) is 44.6 Å². The van der Waals surface area contributed by atoms with E-state index in [0.29, 0.717) is 17.3 Å². The highest BCUT2D eigenvalue weighted by atomic mass is 16.6. The number of benzene rings is 1. The van der Waals surface area contributed by atoms with Gasteiger partial charge in [0.1, 0.15) is 6.07 Å². The normalized spacial score (nSPS) is 27.1. The largest absolute Gasteiger partial charge is 0.382 e. The van der Waals surface area contributed by atoms with Gasteiger partial charge in [-0.25, -0.2) is 0 Å². The van der Waals surface area contributed by atoms with Crippen LogP contribution >= 0.6 is 0 Å². The lowest BCUT2D eigenvalue weighted by molar-refractivity contribution is -0.384. The Morgan fingerprint density at radius 3 is 2.71 bits per heavy atom. The van der Waals surface area contributed by atoms with Crippen molar-refractivity contribution in [1.29, 1.82) is 5.26 Å². The van der Waals surface area contributed by atoms with E-state index < -0.39 is 4.92 Å². The molecule has 4 rings (SSSR count). The highest BCUT2D eigenvalue weighted by Gasteiger charge is 2.31. The molecule has 0 saturated carbocycles. The third-order valence-electron chi connectivity index (χ3n) is 4.25. The lowest BCUT2D eigenvalue weighted by atomic mass is 10.1. The molecule has 3 fully saturated rings. The number of nitrogens with one attached hydrogen (secondary N) is 1. The van der Waals surface area contributed by atoms with Crippen LogP contribution in [0.3, 0.4) is 0 Å². The maximum atomic E-state index is 10.7. The first-order chi connectivity index (χ1) is 10.2. The van der Waals surface area contributed by atoms with E-state index in [0.717, 1.165) is 39.3 Å². The average molecular weight is 287 g/mol. The molecular weight excluding hydrogens is 270 g/mol. The number of non-ortho nitro benzene ring substituents is 1. The summed E-state index contributed by atoms with van der Waals surface area (Å²) in [6, 6.07) is 6.83. The van der Waals surface area contributed by atoms with Crippen LogP contribution in [0.1, 0.15) is 5.56 Å². The summed E-state index contributed by atoms with van der Waals surface area (Å²) in [7, 11) is 0. The molecule has 3 saturated heterocycles. The van der Waals surface area contributed by atoms with Gasteiger partial charge in [0.25, 0.3) is 5.69 Å². The number of piperazine rings is 3. The van der Waals surface area contributed by atoms with Gasteiger partial charge in [0.2, 0.25) is 0 Å². The van der Waals surface area contributed by atoms with Gasteiger partial charge in [0.05, 0.1) is 16.2 Å². The molecule has 1 atom stereocenters. The summed E-state index contributed by atoms with van der Waals surface area (Å²) in [6.45, 7) is 6.26. The van der Waals surface area contributed by atoms with Crippen LogP contribution in [0.25, 0.3) is 0 Å². The molecule has 7 heteroatoms. The molecule has 1 aromatic rings. The predicted molar refractivity (Wildman–Crippen MR) is 78.1 cm³/mol. The fourth-order valence-electron chi connectivity index (χ4n) is 3.04. The summed E-state index contributed by atoms with van der Waals surface area (Å²) in [4.78, 5) is 15.2. The first-order valence-corrected chi connectivity index (χ1v) is 7.06. The molecule has 3 heterocycles. The van der Waals surface area contributed by atoms with E-state index in [2.05, 4.69) is 15.1 Å². The van der Waals surface area contributed by atoms with Gasteiger partial charge in [-0.15, -0.1) is 0 Å². The van der Waals surface area contributed by atoms with E-state index in [9.17, 15) is 10.1 Å². The molecule has 2 bridgehead atoms. The molecule has 0 spiro atoms. The molecular formula is C14H17N5O2. The Hall–Kier alpha value is -2.17. The van der Waals surface area contributed by atoms with Crippen LogP contribution in [0, 0.1) is 21.4 Å². The van der Waals surface area contributed by atoms with Crippen molar-refractivity contribution in [3.63, 3.8) is 0 Å². The van der Waals surface area contributed by atoms with E-state index in [1.54, 1.807) is 6.07 Å². The average Bonchev–Trinajstić information content (AvgIpc) is 2.53. The molecule has 3 aliphatic rings. The number of nitro groups is 1. The predicted octanol–water partition coefficient (Wildman–Crippen LogP) is 0.878. The maximum absolute atomic E-state index is 10.7. The molecule has 3 aliphatic heterocycles. The van der Waals surface area contributed by atoms with Gasteiger partial charge in [0, 0.05) is 57.4 Å². The zero-order valence-corrected chi connectivity index (χ0v) is 11.7. The highest BCUT2D eigenvalue weighted by molar-refractivity contribution is 5.61. The number of nitro benzene ring substituents is 1. The van der Waals surface area contributed by atoms with E-state index in [1.807, 2.05) is 6.07 Å². The molecule has 0 amide bonds. The van der Waals surface area contributed by atoms with Gasteiger partial charge in [-0.3, -0.25) is 19.9 Å². The summed E-state index contributed by atoms with van der Waals surface area (Å²) in [5.41, 5.74) is 0.935. The summed E-state index contributed by atoms with van der Waals surface area (Å²) in [6.07, 6.45) is 0. The SMILES string of the molecule is N#Cc1cc([N+](=O)[O-])ccc1NCC1CN2CCN1CC2. The van der Waals surface area contributed by atoms with Crippen molar-refractivity contribution in [2.45, 2.75) is 6.04 Å². The lowest BCUT2D eigenvalue weighted by Crippen LogP contribution is -2.62. The minimum atomic E-state index is -0.482. The van der Waals surface area contributed by atoms with Gasteiger partial charge in [0.15, 0.2) is 0 Å². The van der Waals surface area contributed by atoms with Crippen LogP contribution in [0.2, 0.25) is 0 Å². The molecule has 7 nitrogen and oxygen atoms in total. The lowest BCUT2D eigenvalue weighted by Gasteiger charge is -2.47. The molecule has 1 aromatic carbocycles. The van der Waals surface area contributed by atoms with Crippen molar-refractivity contribution in [1.82, 2.24) is 9.80 Å². The third kappa shape index (κ3) is 2.82. The molecule has 1 N–H and O–H groups in total. The van der Waals surface area contributed by atoms with Crippen molar-refractivity contribution in [2.24, 2.45) is 0 Å². The topological polar surface area (TPSA) is 85.4 Å². The molecule has 1 unspecified atom stereocenters. The second-order valence-electron chi connectivity index (χ2n) is 5.47. The van der Waals surface area contributed by atoms with Gasteiger partial charge < -0.3 is 5.32 Å². The first-order valence-electron chi connectivity index (χ1n) is 7.06. The monoisotopic (exact) mass is 287 g/mol. The van der Waals surface area contributed by atoms with Crippen LogP contribution in [0.5, 0.6) is 0 Å². The molecule has 0 aromatic heterocycles. The van der Waals surface area contributed by atoms with Gasteiger partial charge >= 0.3 is 0 Å². The second kappa shape index (κ2) is 5.68. The van der Waals surface area contributed by atoms with Crippen LogP contribution in [-0.2, 0) is 0 Å². The van der Waals surface area contributed by atoms with E-state index in [4.69, 9.17) is 5.26 Å². The Labute approximate surface area is 122 Å². The number of fused-ring (bicyclic) bond motifs is 3. The van der Waals surface area contributed by atoms with E-state index >= 15 is 0 Å². The Bertz CT molecular complexity index is 590. The summed E-state index contributed by atoms with van der Waals surface area (Å²) in [5.74, 6) is 0. The second-order valence-corrected chi connectivity index (χ2v) is 5.47. The molecule has 110 valence electrons. The minimum absolute atomic E-state index is 0.0521. The Balaban J connectivity index is 1.68. The minimum Gasteiger partial charge on any atom is -0.382 e. The number of hydrogen-bond acceptors (Lipinski definition) is 6. The molecule has 0 aliphatic carbocycles. The van der Waals surface area contributed by atoms with Crippen LogP contribution < -0.4 is 5.32 Å². The smallest absolute Gasteiger partial charge is 0.270 e. The molecule has 0 radical (unpaired) electrons. The Kier molecular flexibility index (Phi) is 3.73. The number of nitrogens with zero attached hydrogens (tertiary/aromatic N) is 4. The summed E-state index contributed by atoms with van der Waals surface area (Å²) in [5, 5.41) is 23.1. The number of rotatable bonds is 4. The first kappa shape index (κ1) is 13.8. The number of nitriles is 1. The van der Waals surface area contributed by atoms with Crippen molar-refractivity contribution in [3.8, 4) is 6.07 Å².